The van der Waals surface area contributed by atoms with Crippen LogP contribution < -0.4 is 4.74 Å². The molecule has 1 N–H and O–H groups in total. The normalized spacial score (nSPS) is 11.2. The monoisotopic (exact) mass is 277 g/mol. The zero-order valence-corrected chi connectivity index (χ0v) is 12.4. The number of nitrogens with zero attached hydrogens (tertiary/aromatic N) is 1. The van der Waals surface area contributed by atoms with Gasteiger partial charge in [-0.2, -0.15) is 0 Å². The van der Waals surface area contributed by atoms with E-state index < -0.39 is 5.97 Å². The largest absolute Gasteiger partial charge is 0.492 e. The molecule has 1 aromatic rings. The van der Waals surface area contributed by atoms with Gasteiger partial charge in [0.05, 0.1) is 0 Å². The van der Waals surface area contributed by atoms with Gasteiger partial charge in [0.1, 0.15) is 12.4 Å². The molecule has 4 nitrogen and oxygen atoms in total. The first kappa shape index (κ1) is 16.2. The van der Waals surface area contributed by atoms with Crippen LogP contribution >= 0.6 is 0 Å². The number of carboxylic acid groups (broad SMARTS) is 1. The van der Waals surface area contributed by atoms with Crippen molar-refractivity contribution in [3.63, 3.8) is 0 Å². The number of rotatable bonds is 8. The quantitative estimate of drug-likeness (QED) is 0.742. The van der Waals surface area contributed by atoms with Crippen molar-refractivity contribution in [2.75, 3.05) is 26.2 Å². The number of aliphatic carboxylic acids is 1. The van der Waals surface area contributed by atoms with Gasteiger partial charge in [-0.25, -0.2) is 4.79 Å². The molecule has 0 saturated heterocycles. The lowest BCUT2D eigenvalue weighted by atomic mass is 10.1. The third-order valence-electron chi connectivity index (χ3n) is 3.13. The van der Waals surface area contributed by atoms with Crippen LogP contribution in [0.1, 0.15) is 25.0 Å². The summed E-state index contributed by atoms with van der Waals surface area (Å²) in [6.45, 7) is 9.67. The van der Waals surface area contributed by atoms with Gasteiger partial charge in [0.2, 0.25) is 0 Å². The van der Waals surface area contributed by atoms with Crippen molar-refractivity contribution < 1.29 is 14.6 Å². The Hall–Kier alpha value is -1.81. The average Bonchev–Trinajstić information content (AvgIpc) is 2.43. The highest BCUT2D eigenvalue weighted by molar-refractivity contribution is 5.85. The van der Waals surface area contributed by atoms with E-state index in [0.29, 0.717) is 6.61 Å². The number of ether oxygens (including phenoxy) is 1. The van der Waals surface area contributed by atoms with Gasteiger partial charge in [-0.3, -0.25) is 0 Å². The maximum Gasteiger partial charge on any atom is 0.328 e. The van der Waals surface area contributed by atoms with Gasteiger partial charge in [-0.05, 0) is 38.2 Å². The van der Waals surface area contributed by atoms with Crippen molar-refractivity contribution >= 4 is 12.0 Å². The number of hydrogen-bond donors (Lipinski definition) is 1. The smallest absolute Gasteiger partial charge is 0.328 e. The first-order chi connectivity index (χ1) is 9.56. The van der Waals surface area contributed by atoms with Gasteiger partial charge in [-0.15, -0.1) is 0 Å². The summed E-state index contributed by atoms with van der Waals surface area (Å²) >= 11 is 0. The fourth-order valence-electron chi connectivity index (χ4n) is 1.92. The van der Waals surface area contributed by atoms with Crippen LogP contribution in [0.25, 0.3) is 6.08 Å². The summed E-state index contributed by atoms with van der Waals surface area (Å²) in [6, 6.07) is 5.77. The molecule has 0 aromatic heterocycles. The van der Waals surface area contributed by atoms with Gasteiger partial charge in [0.25, 0.3) is 0 Å². The van der Waals surface area contributed by atoms with Gasteiger partial charge < -0.3 is 14.7 Å². The van der Waals surface area contributed by atoms with Crippen LogP contribution in [0.3, 0.4) is 0 Å². The highest BCUT2D eigenvalue weighted by Crippen LogP contribution is 2.21. The second kappa shape index (κ2) is 8.38. The van der Waals surface area contributed by atoms with Crippen molar-refractivity contribution in [2.24, 2.45) is 0 Å². The summed E-state index contributed by atoms with van der Waals surface area (Å²) in [6.07, 6.45) is 2.70. The van der Waals surface area contributed by atoms with Crippen molar-refractivity contribution in [2.45, 2.75) is 20.8 Å². The molecule has 4 heteroatoms. The molecule has 0 fully saturated rings. The number of aryl methyl sites for hydroxylation is 1. The van der Waals surface area contributed by atoms with Crippen LogP contribution in [0.5, 0.6) is 5.75 Å². The zero-order chi connectivity index (χ0) is 15.0. The van der Waals surface area contributed by atoms with Crippen LogP contribution in [0.2, 0.25) is 0 Å². The summed E-state index contributed by atoms with van der Waals surface area (Å²) < 4.78 is 5.77. The summed E-state index contributed by atoms with van der Waals surface area (Å²) in [5.41, 5.74) is 1.87. The fraction of sp³-hybridized carbons (Fsp3) is 0.438. The molecule has 1 aromatic carbocycles. The second-order valence-corrected chi connectivity index (χ2v) is 4.59. The molecule has 20 heavy (non-hydrogen) atoms. The van der Waals surface area contributed by atoms with Crippen molar-refractivity contribution in [1.82, 2.24) is 4.90 Å². The number of hydrogen-bond acceptors (Lipinski definition) is 3. The van der Waals surface area contributed by atoms with Crippen molar-refractivity contribution in [1.29, 1.82) is 0 Å². The Bertz CT molecular complexity index is 465. The Labute approximate surface area is 120 Å². The summed E-state index contributed by atoms with van der Waals surface area (Å²) in [4.78, 5) is 12.9. The predicted molar refractivity (Wildman–Crippen MR) is 81.1 cm³/mol. The summed E-state index contributed by atoms with van der Waals surface area (Å²) in [5.74, 6) is -0.235. The van der Waals surface area contributed by atoms with E-state index in [0.717, 1.165) is 42.6 Å². The topological polar surface area (TPSA) is 49.8 Å². The molecule has 0 heterocycles. The molecule has 1 rings (SSSR count). The van der Waals surface area contributed by atoms with Gasteiger partial charge in [-0.1, -0.05) is 25.5 Å². The van der Waals surface area contributed by atoms with E-state index in [1.165, 1.54) is 0 Å². The van der Waals surface area contributed by atoms with Crippen LogP contribution in [-0.2, 0) is 4.79 Å². The summed E-state index contributed by atoms with van der Waals surface area (Å²) in [5, 5.41) is 8.71. The van der Waals surface area contributed by atoms with E-state index in [2.05, 4.69) is 18.7 Å². The Morgan fingerprint density at radius 3 is 2.65 bits per heavy atom. The highest BCUT2D eigenvalue weighted by atomic mass is 16.5. The standard InChI is InChI=1S/C16H23NO3/c1-4-17(5-2)10-11-20-15-8-6-13(3)12-14(15)7-9-16(18)19/h6-9,12H,4-5,10-11H2,1-3H3,(H,18,19). The van der Waals surface area contributed by atoms with E-state index in [1.807, 2.05) is 25.1 Å². The van der Waals surface area contributed by atoms with Crippen LogP contribution in [0.15, 0.2) is 24.3 Å². The van der Waals surface area contributed by atoms with E-state index in [-0.39, 0.29) is 0 Å². The second-order valence-electron chi connectivity index (χ2n) is 4.59. The Balaban J connectivity index is 2.71. The Morgan fingerprint density at radius 2 is 2.05 bits per heavy atom. The van der Waals surface area contributed by atoms with E-state index in [9.17, 15) is 4.79 Å². The minimum Gasteiger partial charge on any atom is -0.492 e. The Kier molecular flexibility index (Phi) is 6.81. The number of carbonyl (C=O) groups is 1. The molecule has 0 aliphatic heterocycles. The molecule has 0 bridgehead atoms. The van der Waals surface area contributed by atoms with Gasteiger partial charge in [0.15, 0.2) is 0 Å². The molecule has 0 atom stereocenters. The van der Waals surface area contributed by atoms with E-state index in [4.69, 9.17) is 9.84 Å². The molecule has 0 aliphatic carbocycles. The molecular formula is C16H23NO3. The molecule has 0 saturated carbocycles. The third-order valence-corrected chi connectivity index (χ3v) is 3.13. The summed E-state index contributed by atoms with van der Waals surface area (Å²) in [7, 11) is 0. The maximum absolute atomic E-state index is 10.6. The average molecular weight is 277 g/mol. The van der Waals surface area contributed by atoms with Gasteiger partial charge in [0, 0.05) is 18.2 Å². The number of carboxylic acids is 1. The van der Waals surface area contributed by atoms with Crippen LogP contribution in [0, 0.1) is 6.92 Å². The van der Waals surface area contributed by atoms with Crippen LogP contribution in [0.4, 0.5) is 0 Å². The van der Waals surface area contributed by atoms with E-state index >= 15 is 0 Å². The number of likely N-dealkylation sites (N-methyl/N-ethyl adjacent to an activating group) is 1. The molecule has 0 amide bonds. The fourth-order valence-corrected chi connectivity index (χ4v) is 1.92. The van der Waals surface area contributed by atoms with Crippen molar-refractivity contribution in [3.05, 3.63) is 35.4 Å². The highest BCUT2D eigenvalue weighted by Gasteiger charge is 2.04. The first-order valence-corrected chi connectivity index (χ1v) is 6.93. The van der Waals surface area contributed by atoms with E-state index in [1.54, 1.807) is 6.08 Å². The SMILES string of the molecule is CCN(CC)CCOc1ccc(C)cc1C=CC(=O)O. The molecule has 0 unspecified atom stereocenters. The predicted octanol–water partition coefficient (Wildman–Crippen LogP) is 2.81. The minimum atomic E-state index is -0.958. The maximum atomic E-state index is 10.6. The number of benzene rings is 1. The molecule has 0 spiro atoms. The van der Waals surface area contributed by atoms with Crippen LogP contribution in [-0.4, -0.2) is 42.2 Å². The molecule has 110 valence electrons. The molecule has 0 radical (unpaired) electrons. The lowest BCUT2D eigenvalue weighted by molar-refractivity contribution is -0.131. The van der Waals surface area contributed by atoms with Crippen molar-refractivity contribution in [3.8, 4) is 5.75 Å². The third kappa shape index (κ3) is 5.45. The van der Waals surface area contributed by atoms with Gasteiger partial charge >= 0.3 is 5.97 Å². The lowest BCUT2D eigenvalue weighted by Crippen LogP contribution is -2.28. The molecular weight excluding hydrogens is 254 g/mol. The zero-order valence-electron chi connectivity index (χ0n) is 12.4. The lowest BCUT2D eigenvalue weighted by Gasteiger charge is -2.18. The first-order valence-electron chi connectivity index (χ1n) is 6.93. The Morgan fingerprint density at radius 1 is 1.35 bits per heavy atom. The minimum absolute atomic E-state index is 0.596. The molecule has 0 aliphatic rings.